The Morgan fingerprint density at radius 2 is 0.125 bits per heavy atom. The minimum Gasteiger partial charge on any atom is -2.00 e. The van der Waals surface area contributed by atoms with Crippen molar-refractivity contribution in [3.63, 3.8) is 0 Å². The van der Waals surface area contributed by atoms with Crippen molar-refractivity contribution in [2.24, 2.45) is 0 Å². The van der Waals surface area contributed by atoms with Crippen LogP contribution in [-0.2, 0) is 193 Å². The van der Waals surface area contributed by atoms with Gasteiger partial charge in [0, 0.05) is 84.3 Å². The van der Waals surface area contributed by atoms with Crippen molar-refractivity contribution >= 4 is 0 Å². The van der Waals surface area contributed by atoms with E-state index in [-0.39, 0.29) is 285 Å². The van der Waals surface area contributed by atoms with Gasteiger partial charge in [0.25, 0.3) is 0 Å². The van der Waals surface area contributed by atoms with Crippen LogP contribution in [0.15, 0.2) is 97.1 Å². The van der Waals surface area contributed by atoms with Crippen molar-refractivity contribution in [2.75, 3.05) is 0 Å². The molecule has 0 aliphatic rings. The molecule has 0 radical (unpaired) electrons. The Balaban J connectivity index is -0.000000228. The Kier molecular flexibility index (Phi) is 54.4. The molecule has 8 rings (SSSR count). The van der Waals surface area contributed by atoms with Crippen LogP contribution in [0.5, 0.6) is 92.0 Å². The first-order chi connectivity index (χ1) is 56.4. The maximum Gasteiger partial charge on any atom is 0 e. The fourth-order valence-corrected chi connectivity index (χ4v) is 14.0. The molecular formula is C112H160Mo4O20-24. The van der Waals surface area contributed by atoms with Gasteiger partial charge in [0.05, 0.1) is 0 Å². The van der Waals surface area contributed by atoms with Crippen molar-refractivity contribution in [1.29, 1.82) is 0 Å². The van der Waals surface area contributed by atoms with Crippen molar-refractivity contribution < 1.29 is 188 Å². The zero-order chi connectivity index (χ0) is 102. The van der Waals surface area contributed by atoms with Gasteiger partial charge in [-0.05, 0) is 86.6 Å². The summed E-state index contributed by atoms with van der Waals surface area (Å²) in [6.07, 6.45) is 0. The standard InChI is InChI=1S/8C14H22O2.4Mo.4O/c8*1-13(2,3)9-7-8-10(14(4,5)6)12(16)11(9)15;;;;;;;;/h8*7-8,15-16H,1-6H3;;;;;;;;/q;;;;;;;;;;;;4*-2/p-16. The zero-order valence-electron chi connectivity index (χ0n) is 91.0. The van der Waals surface area contributed by atoms with Crippen LogP contribution in [0, 0.1) is 0 Å². The Labute approximate surface area is 877 Å². The normalized spacial score (nSPS) is 12.1. The second-order valence-corrected chi connectivity index (χ2v) is 50.6. The van der Waals surface area contributed by atoms with Gasteiger partial charge in [-0.1, -0.05) is 518 Å². The van der Waals surface area contributed by atoms with Gasteiger partial charge in [0.15, 0.2) is 0 Å². The van der Waals surface area contributed by atoms with Crippen molar-refractivity contribution in [3.8, 4) is 92.0 Å². The predicted octanol–water partition coefficient (Wildman–Crippen LogP) is 18.9. The molecule has 8 aromatic rings. The van der Waals surface area contributed by atoms with Crippen LogP contribution in [0.25, 0.3) is 0 Å². The minimum absolute atomic E-state index is 0. The van der Waals surface area contributed by atoms with E-state index in [1.807, 2.05) is 332 Å². The third-order valence-corrected chi connectivity index (χ3v) is 21.8. The van der Waals surface area contributed by atoms with Gasteiger partial charge >= 0.3 is 0 Å². The average molecular weight is 2210 g/mol. The monoisotopic (exact) mass is 2220 g/mol. The van der Waals surface area contributed by atoms with Crippen molar-refractivity contribution in [1.82, 2.24) is 0 Å². The Morgan fingerprint density at radius 1 is 0.0956 bits per heavy atom. The van der Waals surface area contributed by atoms with Gasteiger partial charge in [0.1, 0.15) is 0 Å². The molecule has 8 aromatic carbocycles. The van der Waals surface area contributed by atoms with Gasteiger partial charge in [-0.15, -0.1) is 92.0 Å². The van der Waals surface area contributed by atoms with E-state index in [4.69, 9.17) is 0 Å². The van der Waals surface area contributed by atoms with E-state index in [0.29, 0.717) is 89.0 Å². The summed E-state index contributed by atoms with van der Waals surface area (Å²) in [4.78, 5) is 0. The molecule has 0 saturated carbocycles. The first-order valence-electron chi connectivity index (χ1n) is 44.6. The molecule has 0 heterocycles. The predicted molar refractivity (Wildman–Crippen MR) is 505 cm³/mol. The topological polar surface area (TPSA) is 483 Å². The van der Waals surface area contributed by atoms with Gasteiger partial charge in [0.2, 0.25) is 0 Å². The maximum absolute atomic E-state index is 12.0. The van der Waals surface area contributed by atoms with Gasteiger partial charge in [-0.3, -0.25) is 0 Å². The molecule has 0 bridgehead atoms. The average Bonchev–Trinajstić information content (AvgIpc) is 0.829. The largest absolute Gasteiger partial charge is 2.00 e. The second-order valence-electron chi connectivity index (χ2n) is 50.6. The molecule has 0 spiro atoms. The second kappa shape index (κ2) is 51.2. The van der Waals surface area contributed by atoms with Crippen molar-refractivity contribution in [2.45, 2.75) is 419 Å². The molecule has 0 aliphatic heterocycles. The molecule has 0 unspecified atom stereocenters. The maximum atomic E-state index is 12.0. The summed E-state index contributed by atoms with van der Waals surface area (Å²) in [5, 5.41) is 192. The smallest absolute Gasteiger partial charge is 0 e. The van der Waals surface area contributed by atoms with E-state index in [9.17, 15) is 81.7 Å². The molecular weight excluding hydrogens is 2050 g/mol. The van der Waals surface area contributed by atoms with E-state index in [1.165, 1.54) is 0 Å². The zero-order valence-corrected chi connectivity index (χ0v) is 99.1. The van der Waals surface area contributed by atoms with E-state index in [2.05, 4.69) is 0 Å². The van der Waals surface area contributed by atoms with Crippen LogP contribution in [-0.4, -0.2) is 0 Å². The quantitative estimate of drug-likeness (QED) is 0.127. The molecule has 0 amide bonds. The van der Waals surface area contributed by atoms with E-state index in [0.717, 1.165) is 0 Å². The summed E-state index contributed by atoms with van der Waals surface area (Å²) in [5.74, 6) is -5.56. The summed E-state index contributed by atoms with van der Waals surface area (Å²) >= 11 is 0. The Bertz CT molecular complexity index is 3820. The molecule has 20 nitrogen and oxygen atoms in total. The summed E-state index contributed by atoms with van der Waals surface area (Å²) in [6.45, 7) is 93.3. The Morgan fingerprint density at radius 3 is 0.147 bits per heavy atom. The molecule has 136 heavy (non-hydrogen) atoms. The SMILES string of the molecule is CC(C)(C)c1ccc(C(C)(C)C)c([O-])c1[O-].CC(C)(C)c1ccc(C(C)(C)C)c([O-])c1[O-].CC(C)(C)c1ccc(C(C)(C)C)c([O-])c1[O-].CC(C)(C)c1ccc(C(C)(C)C)c([O-])c1[O-].CC(C)(C)c1ccc(C(C)(C)C)c([O-])c1[O-].CC(C)(C)c1ccc(C(C)(C)C)c([O-])c1[O-].CC(C)(C)c1ccc(C(C)(C)C)c([O-])c1[O-].CC(C)(C)c1ccc(C(C)(C)C)c([O-])c1[O-].[Mo].[Mo].[Mo].[Mo].[O-2].[O-2].[O-2].[O-2]. The summed E-state index contributed by atoms with van der Waals surface area (Å²) in [6, 6.07) is 28.7. The van der Waals surface area contributed by atoms with E-state index < -0.39 is 0 Å². The van der Waals surface area contributed by atoms with Gasteiger partial charge < -0.3 is 104 Å². The van der Waals surface area contributed by atoms with Crippen LogP contribution in [0.2, 0.25) is 0 Å². The third-order valence-electron chi connectivity index (χ3n) is 21.8. The number of benzene rings is 8. The first kappa shape index (κ1) is 145. The molecule has 0 aliphatic carbocycles. The molecule has 776 valence electrons. The molecule has 0 N–H and O–H groups in total. The van der Waals surface area contributed by atoms with E-state index >= 15 is 0 Å². The first-order valence-corrected chi connectivity index (χ1v) is 44.6. The summed E-state index contributed by atoms with van der Waals surface area (Å²) in [5.41, 5.74) is 5.30. The fourth-order valence-electron chi connectivity index (χ4n) is 14.0. The minimum atomic E-state index is -0.347. The van der Waals surface area contributed by atoms with Gasteiger partial charge in [-0.2, -0.15) is 0 Å². The Hall–Kier alpha value is -6.85. The molecule has 0 atom stereocenters. The van der Waals surface area contributed by atoms with Crippen molar-refractivity contribution in [3.05, 3.63) is 186 Å². The third kappa shape index (κ3) is 39.9. The van der Waals surface area contributed by atoms with Crippen LogP contribution in [0.1, 0.15) is 421 Å². The van der Waals surface area contributed by atoms with Crippen LogP contribution < -0.4 is 81.7 Å². The van der Waals surface area contributed by atoms with Crippen LogP contribution in [0.4, 0.5) is 0 Å². The molecule has 0 aromatic heterocycles. The summed E-state index contributed by atoms with van der Waals surface area (Å²) < 4.78 is 0. The number of hydrogen-bond acceptors (Lipinski definition) is 16. The van der Waals surface area contributed by atoms with Gasteiger partial charge in [-0.25, -0.2) is 0 Å². The van der Waals surface area contributed by atoms with Crippen LogP contribution >= 0.6 is 0 Å². The molecule has 0 fully saturated rings. The molecule has 24 heteroatoms. The summed E-state index contributed by atoms with van der Waals surface area (Å²) in [7, 11) is 0. The molecule has 0 saturated heterocycles. The number of hydrogen-bond donors (Lipinski definition) is 0. The van der Waals surface area contributed by atoms with Crippen LogP contribution in [0.3, 0.4) is 0 Å². The van der Waals surface area contributed by atoms with E-state index in [1.54, 1.807) is 97.1 Å². The number of rotatable bonds is 0. The fraction of sp³-hybridized carbons (Fsp3) is 0.571.